The summed E-state index contributed by atoms with van der Waals surface area (Å²) in [5, 5.41) is 5.14. The molecule has 0 aliphatic rings. The standard InChI is InChI=1S/C13H16N4O2S.2ClH/c1-19-9(7-14)6-12(18)17-13-16-11(8-20-13)10-4-2-3-5-15-10;;/h2-5,8-9H,6-7,14H2,1H3,(H,16,17,18);2*1H. The number of pyridine rings is 1. The second-order valence-corrected chi connectivity index (χ2v) is 4.96. The number of halogens is 2. The zero-order chi connectivity index (χ0) is 14.4. The lowest BCUT2D eigenvalue weighted by molar-refractivity contribution is -0.118. The van der Waals surface area contributed by atoms with Crippen LogP contribution in [-0.4, -0.2) is 35.6 Å². The number of carbonyl (C=O) groups is 1. The van der Waals surface area contributed by atoms with Crippen LogP contribution in [0, 0.1) is 0 Å². The summed E-state index contributed by atoms with van der Waals surface area (Å²) in [6.07, 6.45) is 1.65. The summed E-state index contributed by atoms with van der Waals surface area (Å²) >= 11 is 1.36. The van der Waals surface area contributed by atoms with Gasteiger partial charge in [-0.15, -0.1) is 36.2 Å². The number of carbonyl (C=O) groups excluding carboxylic acids is 1. The van der Waals surface area contributed by atoms with Crippen molar-refractivity contribution in [3.05, 3.63) is 29.8 Å². The molecule has 0 aliphatic heterocycles. The molecule has 1 amide bonds. The molecule has 6 nitrogen and oxygen atoms in total. The number of anilines is 1. The van der Waals surface area contributed by atoms with E-state index in [2.05, 4.69) is 15.3 Å². The summed E-state index contributed by atoms with van der Waals surface area (Å²) in [6.45, 7) is 0.307. The molecule has 0 bridgehead atoms. The van der Waals surface area contributed by atoms with Gasteiger partial charge in [-0.3, -0.25) is 9.78 Å². The van der Waals surface area contributed by atoms with Crippen molar-refractivity contribution in [2.24, 2.45) is 5.73 Å². The van der Waals surface area contributed by atoms with E-state index in [1.54, 1.807) is 6.20 Å². The Morgan fingerprint density at radius 1 is 1.41 bits per heavy atom. The van der Waals surface area contributed by atoms with Gasteiger partial charge in [0.25, 0.3) is 0 Å². The van der Waals surface area contributed by atoms with E-state index in [9.17, 15) is 4.79 Å². The summed E-state index contributed by atoms with van der Waals surface area (Å²) in [5.74, 6) is -0.163. The molecular weight excluding hydrogens is 347 g/mol. The van der Waals surface area contributed by atoms with E-state index < -0.39 is 0 Å². The summed E-state index contributed by atoms with van der Waals surface area (Å²) in [5.41, 5.74) is 7.00. The molecule has 0 saturated carbocycles. The molecule has 0 fully saturated rings. The lowest BCUT2D eigenvalue weighted by Gasteiger charge is -2.11. The van der Waals surface area contributed by atoms with Gasteiger partial charge in [0.2, 0.25) is 5.91 Å². The number of nitrogens with one attached hydrogen (secondary N) is 1. The van der Waals surface area contributed by atoms with Crippen LogP contribution < -0.4 is 11.1 Å². The SMILES string of the molecule is COC(CN)CC(=O)Nc1nc(-c2ccccn2)cs1.Cl.Cl. The number of thiazole rings is 1. The van der Waals surface area contributed by atoms with Crippen LogP contribution in [0.3, 0.4) is 0 Å². The third-order valence-electron chi connectivity index (χ3n) is 2.69. The van der Waals surface area contributed by atoms with Crippen molar-refractivity contribution in [3.63, 3.8) is 0 Å². The first-order valence-electron chi connectivity index (χ1n) is 6.12. The Kier molecular flexibility index (Phi) is 9.88. The van der Waals surface area contributed by atoms with Crippen LogP contribution in [0.2, 0.25) is 0 Å². The number of methoxy groups -OCH3 is 1. The Bertz CT molecular complexity index is 564. The van der Waals surface area contributed by atoms with Crippen molar-refractivity contribution in [1.29, 1.82) is 0 Å². The number of nitrogens with zero attached hydrogens (tertiary/aromatic N) is 2. The van der Waals surface area contributed by atoms with E-state index in [1.165, 1.54) is 18.4 Å². The Morgan fingerprint density at radius 3 is 2.77 bits per heavy atom. The third kappa shape index (κ3) is 5.86. The fourth-order valence-corrected chi connectivity index (χ4v) is 2.32. The Morgan fingerprint density at radius 2 is 2.18 bits per heavy atom. The number of hydrogen-bond acceptors (Lipinski definition) is 6. The molecule has 0 spiro atoms. The number of amides is 1. The van der Waals surface area contributed by atoms with E-state index in [-0.39, 0.29) is 43.2 Å². The molecule has 2 heterocycles. The molecule has 122 valence electrons. The molecule has 3 N–H and O–H groups in total. The van der Waals surface area contributed by atoms with Gasteiger partial charge >= 0.3 is 0 Å². The molecule has 2 rings (SSSR count). The zero-order valence-corrected chi connectivity index (χ0v) is 14.3. The molecule has 0 aliphatic carbocycles. The van der Waals surface area contributed by atoms with Gasteiger partial charge in [0.15, 0.2) is 5.13 Å². The smallest absolute Gasteiger partial charge is 0.228 e. The van der Waals surface area contributed by atoms with Crippen LogP contribution in [0.5, 0.6) is 0 Å². The second kappa shape index (κ2) is 10.5. The van der Waals surface area contributed by atoms with E-state index in [1.807, 2.05) is 23.6 Å². The highest BCUT2D eigenvalue weighted by atomic mass is 35.5. The van der Waals surface area contributed by atoms with Crippen LogP contribution in [-0.2, 0) is 9.53 Å². The van der Waals surface area contributed by atoms with Crippen LogP contribution >= 0.6 is 36.2 Å². The quantitative estimate of drug-likeness (QED) is 0.820. The Balaban J connectivity index is 0.00000220. The average Bonchev–Trinajstić information content (AvgIpc) is 2.94. The predicted molar refractivity (Wildman–Crippen MR) is 92.9 cm³/mol. The zero-order valence-electron chi connectivity index (χ0n) is 11.9. The lowest BCUT2D eigenvalue weighted by atomic mass is 10.2. The Hall–Kier alpha value is -1.25. The van der Waals surface area contributed by atoms with E-state index in [0.717, 1.165) is 11.4 Å². The van der Waals surface area contributed by atoms with Crippen molar-refractivity contribution in [3.8, 4) is 11.4 Å². The molecule has 2 aromatic heterocycles. The first-order valence-corrected chi connectivity index (χ1v) is 7.00. The monoisotopic (exact) mass is 364 g/mol. The van der Waals surface area contributed by atoms with Crippen LogP contribution in [0.25, 0.3) is 11.4 Å². The van der Waals surface area contributed by atoms with Gasteiger partial charge in [0, 0.05) is 25.2 Å². The Labute approximate surface area is 145 Å². The van der Waals surface area contributed by atoms with Crippen molar-refractivity contribution in [1.82, 2.24) is 9.97 Å². The largest absolute Gasteiger partial charge is 0.380 e. The predicted octanol–water partition coefficient (Wildman–Crippen LogP) is 2.35. The summed E-state index contributed by atoms with van der Waals surface area (Å²) in [6, 6.07) is 5.61. The highest BCUT2D eigenvalue weighted by Gasteiger charge is 2.13. The summed E-state index contributed by atoms with van der Waals surface area (Å²) in [7, 11) is 1.54. The molecule has 0 saturated heterocycles. The minimum atomic E-state index is -0.273. The topological polar surface area (TPSA) is 90.1 Å². The third-order valence-corrected chi connectivity index (χ3v) is 3.44. The summed E-state index contributed by atoms with van der Waals surface area (Å²) < 4.78 is 5.07. The van der Waals surface area contributed by atoms with Gasteiger partial charge < -0.3 is 15.8 Å². The highest BCUT2D eigenvalue weighted by Crippen LogP contribution is 2.23. The number of hydrogen-bond donors (Lipinski definition) is 2. The molecule has 0 radical (unpaired) electrons. The molecule has 2 aromatic rings. The van der Waals surface area contributed by atoms with Crippen molar-refractivity contribution < 1.29 is 9.53 Å². The van der Waals surface area contributed by atoms with E-state index >= 15 is 0 Å². The number of aromatic nitrogens is 2. The molecule has 0 aromatic carbocycles. The average molecular weight is 365 g/mol. The molecule has 1 unspecified atom stereocenters. The van der Waals surface area contributed by atoms with Crippen molar-refractivity contribution in [2.75, 3.05) is 19.0 Å². The van der Waals surface area contributed by atoms with Crippen LogP contribution in [0.15, 0.2) is 29.8 Å². The highest BCUT2D eigenvalue weighted by molar-refractivity contribution is 7.14. The summed E-state index contributed by atoms with van der Waals surface area (Å²) in [4.78, 5) is 20.3. The molecule has 1 atom stereocenters. The number of ether oxygens (including phenoxy) is 1. The second-order valence-electron chi connectivity index (χ2n) is 4.10. The minimum absolute atomic E-state index is 0. The number of nitrogens with two attached hydrogens (primary N) is 1. The van der Waals surface area contributed by atoms with Gasteiger partial charge in [-0.1, -0.05) is 6.07 Å². The van der Waals surface area contributed by atoms with E-state index in [4.69, 9.17) is 10.5 Å². The van der Waals surface area contributed by atoms with Gasteiger partial charge in [0.05, 0.1) is 18.2 Å². The normalized spacial score (nSPS) is 11.0. The van der Waals surface area contributed by atoms with Gasteiger partial charge in [-0.25, -0.2) is 4.98 Å². The first kappa shape index (κ1) is 20.8. The maximum Gasteiger partial charge on any atom is 0.228 e. The van der Waals surface area contributed by atoms with Crippen LogP contribution in [0.1, 0.15) is 6.42 Å². The molecular formula is C13H18Cl2N4O2S. The number of rotatable bonds is 6. The minimum Gasteiger partial charge on any atom is -0.380 e. The maximum atomic E-state index is 11.8. The van der Waals surface area contributed by atoms with Crippen molar-refractivity contribution >= 4 is 47.2 Å². The van der Waals surface area contributed by atoms with Gasteiger partial charge in [0.1, 0.15) is 5.69 Å². The molecule has 22 heavy (non-hydrogen) atoms. The first-order chi connectivity index (χ1) is 9.72. The van der Waals surface area contributed by atoms with E-state index in [0.29, 0.717) is 11.7 Å². The van der Waals surface area contributed by atoms with Crippen molar-refractivity contribution in [2.45, 2.75) is 12.5 Å². The van der Waals surface area contributed by atoms with Gasteiger partial charge in [-0.05, 0) is 12.1 Å². The molecule has 9 heteroatoms. The van der Waals surface area contributed by atoms with Crippen LogP contribution in [0.4, 0.5) is 5.13 Å². The van der Waals surface area contributed by atoms with Gasteiger partial charge in [-0.2, -0.15) is 0 Å². The fourth-order valence-electron chi connectivity index (χ4n) is 1.60. The maximum absolute atomic E-state index is 11.8. The lowest BCUT2D eigenvalue weighted by Crippen LogP contribution is -2.28. The fraction of sp³-hybridized carbons (Fsp3) is 0.308.